The van der Waals surface area contributed by atoms with E-state index in [9.17, 15) is 4.79 Å². The lowest BCUT2D eigenvalue weighted by Crippen LogP contribution is -2.43. The molecule has 0 bridgehead atoms. The third kappa shape index (κ3) is 3.45. The highest BCUT2D eigenvalue weighted by Crippen LogP contribution is 2.14. The van der Waals surface area contributed by atoms with E-state index in [1.54, 1.807) is 0 Å². The van der Waals surface area contributed by atoms with Crippen molar-refractivity contribution in [1.82, 2.24) is 4.90 Å². The highest BCUT2D eigenvalue weighted by Gasteiger charge is 2.20. The van der Waals surface area contributed by atoms with E-state index >= 15 is 0 Å². The van der Waals surface area contributed by atoms with Crippen molar-refractivity contribution in [3.05, 3.63) is 34.9 Å². The van der Waals surface area contributed by atoms with Crippen LogP contribution in [0, 0.1) is 0 Å². The molecule has 3 nitrogen and oxygen atoms in total. The number of nitrogens with two attached hydrogens (primary N) is 1. The van der Waals surface area contributed by atoms with Gasteiger partial charge in [-0.3, -0.25) is 4.79 Å². The third-order valence-electron chi connectivity index (χ3n) is 3.14. The zero-order valence-corrected chi connectivity index (χ0v) is 10.5. The molecule has 4 heteroatoms. The summed E-state index contributed by atoms with van der Waals surface area (Å²) in [4.78, 5) is 13.9. The molecule has 2 rings (SSSR count). The average Bonchev–Trinajstić information content (AvgIpc) is 2.29. The van der Waals surface area contributed by atoms with E-state index in [0.717, 1.165) is 31.5 Å². The van der Waals surface area contributed by atoms with E-state index in [4.69, 9.17) is 17.3 Å². The number of likely N-dealkylation sites (tertiary alicyclic amines) is 1. The Morgan fingerprint density at radius 1 is 1.41 bits per heavy atom. The van der Waals surface area contributed by atoms with Gasteiger partial charge in [-0.05, 0) is 30.5 Å². The number of piperidine rings is 1. The Kier molecular flexibility index (Phi) is 4.02. The maximum Gasteiger partial charge on any atom is 0.226 e. The second kappa shape index (κ2) is 5.52. The van der Waals surface area contributed by atoms with Crippen molar-refractivity contribution in [2.75, 3.05) is 13.1 Å². The van der Waals surface area contributed by atoms with E-state index in [1.165, 1.54) is 0 Å². The van der Waals surface area contributed by atoms with Gasteiger partial charge in [-0.1, -0.05) is 23.7 Å². The fourth-order valence-corrected chi connectivity index (χ4v) is 2.30. The Morgan fingerprint density at radius 2 is 2.12 bits per heavy atom. The molecule has 0 saturated carbocycles. The molecule has 1 amide bonds. The normalized spacial score (nSPS) is 17.2. The summed E-state index contributed by atoms with van der Waals surface area (Å²) in [6.07, 6.45) is 2.23. The first kappa shape index (κ1) is 12.4. The lowest BCUT2D eigenvalue weighted by Gasteiger charge is -2.30. The van der Waals surface area contributed by atoms with Gasteiger partial charge in [0.25, 0.3) is 0 Å². The first-order chi connectivity index (χ1) is 8.15. The Balaban J connectivity index is 1.93. The minimum atomic E-state index is 0.166. The molecule has 1 heterocycles. The first-order valence-corrected chi connectivity index (χ1v) is 6.31. The number of carbonyl (C=O) groups excluding carboxylic acids is 1. The van der Waals surface area contributed by atoms with Crippen molar-refractivity contribution in [2.24, 2.45) is 5.73 Å². The van der Waals surface area contributed by atoms with Gasteiger partial charge < -0.3 is 10.6 Å². The van der Waals surface area contributed by atoms with Crippen LogP contribution in [0.3, 0.4) is 0 Å². The van der Waals surface area contributed by atoms with Crippen LogP contribution in [-0.4, -0.2) is 29.9 Å². The van der Waals surface area contributed by atoms with Gasteiger partial charge in [0.15, 0.2) is 0 Å². The van der Waals surface area contributed by atoms with Crippen LogP contribution in [0.15, 0.2) is 24.3 Å². The summed E-state index contributed by atoms with van der Waals surface area (Å²) >= 11 is 5.89. The monoisotopic (exact) mass is 252 g/mol. The molecular weight excluding hydrogens is 236 g/mol. The molecule has 0 aliphatic carbocycles. The van der Waals surface area contributed by atoms with Crippen molar-refractivity contribution < 1.29 is 4.79 Å². The van der Waals surface area contributed by atoms with Crippen LogP contribution < -0.4 is 5.73 Å². The van der Waals surface area contributed by atoms with Crippen molar-refractivity contribution in [3.63, 3.8) is 0 Å². The number of halogens is 1. The van der Waals surface area contributed by atoms with Gasteiger partial charge in [-0.15, -0.1) is 0 Å². The Hall–Kier alpha value is -1.06. The van der Waals surface area contributed by atoms with Gasteiger partial charge in [-0.2, -0.15) is 0 Å². The standard InChI is InChI=1S/C13H17ClN2O/c14-11-3-1-2-10(8-11)9-13(17)16-6-4-12(15)5-7-16/h1-3,8,12H,4-7,9,15H2. The molecular formula is C13H17ClN2O. The van der Waals surface area contributed by atoms with Crippen molar-refractivity contribution in [2.45, 2.75) is 25.3 Å². The summed E-state index contributed by atoms with van der Waals surface area (Å²) in [5.74, 6) is 0.166. The van der Waals surface area contributed by atoms with Gasteiger partial charge >= 0.3 is 0 Å². The molecule has 1 aromatic rings. The van der Waals surface area contributed by atoms with Crippen LogP contribution in [0.2, 0.25) is 5.02 Å². The van der Waals surface area contributed by atoms with Crippen LogP contribution >= 0.6 is 11.6 Å². The molecule has 0 radical (unpaired) electrons. The lowest BCUT2D eigenvalue weighted by molar-refractivity contribution is -0.131. The molecule has 1 fully saturated rings. The number of amides is 1. The highest BCUT2D eigenvalue weighted by molar-refractivity contribution is 6.30. The quantitative estimate of drug-likeness (QED) is 0.873. The van der Waals surface area contributed by atoms with Crippen LogP contribution in [0.25, 0.3) is 0 Å². The SMILES string of the molecule is NC1CCN(C(=O)Cc2cccc(Cl)c2)CC1. The number of benzene rings is 1. The van der Waals surface area contributed by atoms with Crippen molar-refractivity contribution >= 4 is 17.5 Å². The molecule has 2 N–H and O–H groups in total. The van der Waals surface area contributed by atoms with E-state index < -0.39 is 0 Å². The number of hydrogen-bond donors (Lipinski definition) is 1. The first-order valence-electron chi connectivity index (χ1n) is 5.93. The zero-order chi connectivity index (χ0) is 12.3. The summed E-state index contributed by atoms with van der Waals surface area (Å²) in [5.41, 5.74) is 6.78. The molecule has 0 unspecified atom stereocenters. The summed E-state index contributed by atoms with van der Waals surface area (Å²) in [6.45, 7) is 1.56. The van der Waals surface area contributed by atoms with Gasteiger partial charge in [0.1, 0.15) is 0 Å². The topological polar surface area (TPSA) is 46.3 Å². The number of hydrogen-bond acceptors (Lipinski definition) is 2. The van der Waals surface area contributed by atoms with Gasteiger partial charge in [0.2, 0.25) is 5.91 Å². The highest BCUT2D eigenvalue weighted by atomic mass is 35.5. The number of nitrogens with zero attached hydrogens (tertiary/aromatic N) is 1. The van der Waals surface area contributed by atoms with Gasteiger partial charge in [0, 0.05) is 24.2 Å². The Morgan fingerprint density at radius 3 is 2.76 bits per heavy atom. The fraction of sp³-hybridized carbons (Fsp3) is 0.462. The maximum atomic E-state index is 12.0. The summed E-state index contributed by atoms with van der Waals surface area (Å²) in [7, 11) is 0. The van der Waals surface area contributed by atoms with Crippen LogP contribution in [0.1, 0.15) is 18.4 Å². The Labute approximate surface area is 107 Å². The molecule has 1 saturated heterocycles. The minimum absolute atomic E-state index is 0.166. The van der Waals surface area contributed by atoms with E-state index in [0.29, 0.717) is 11.4 Å². The predicted octanol–water partition coefficient (Wildman–Crippen LogP) is 1.83. The lowest BCUT2D eigenvalue weighted by atomic mass is 10.0. The summed E-state index contributed by atoms with van der Waals surface area (Å²) < 4.78 is 0. The van der Waals surface area contributed by atoms with Crippen molar-refractivity contribution in [3.8, 4) is 0 Å². The molecule has 17 heavy (non-hydrogen) atoms. The number of carbonyl (C=O) groups is 1. The largest absolute Gasteiger partial charge is 0.342 e. The zero-order valence-electron chi connectivity index (χ0n) is 9.73. The maximum absolute atomic E-state index is 12.0. The average molecular weight is 253 g/mol. The minimum Gasteiger partial charge on any atom is -0.342 e. The van der Waals surface area contributed by atoms with E-state index in [2.05, 4.69) is 0 Å². The van der Waals surface area contributed by atoms with E-state index in [1.807, 2.05) is 29.2 Å². The van der Waals surface area contributed by atoms with Crippen LogP contribution in [-0.2, 0) is 11.2 Å². The predicted molar refractivity (Wildman–Crippen MR) is 68.9 cm³/mol. The smallest absolute Gasteiger partial charge is 0.226 e. The van der Waals surface area contributed by atoms with Crippen LogP contribution in [0.5, 0.6) is 0 Å². The van der Waals surface area contributed by atoms with E-state index in [-0.39, 0.29) is 11.9 Å². The second-order valence-corrected chi connectivity index (χ2v) is 4.96. The fourth-order valence-electron chi connectivity index (χ4n) is 2.08. The molecule has 1 aromatic carbocycles. The Bertz CT molecular complexity index is 400. The van der Waals surface area contributed by atoms with Gasteiger partial charge in [0.05, 0.1) is 6.42 Å². The molecule has 92 valence electrons. The molecule has 0 aromatic heterocycles. The third-order valence-corrected chi connectivity index (χ3v) is 3.37. The summed E-state index contributed by atoms with van der Waals surface area (Å²) in [6, 6.07) is 7.71. The second-order valence-electron chi connectivity index (χ2n) is 4.52. The summed E-state index contributed by atoms with van der Waals surface area (Å²) in [5, 5.41) is 0.677. The van der Waals surface area contributed by atoms with Gasteiger partial charge in [-0.25, -0.2) is 0 Å². The number of rotatable bonds is 2. The molecule has 0 atom stereocenters. The molecule has 1 aliphatic rings. The molecule has 0 spiro atoms. The van der Waals surface area contributed by atoms with Crippen molar-refractivity contribution in [1.29, 1.82) is 0 Å². The molecule has 1 aliphatic heterocycles. The van der Waals surface area contributed by atoms with Crippen LogP contribution in [0.4, 0.5) is 0 Å².